The van der Waals surface area contributed by atoms with E-state index in [9.17, 15) is 4.79 Å². The molecular weight excluding hydrogens is 214 g/mol. The highest BCUT2D eigenvalue weighted by atomic mass is 16.5. The highest BCUT2D eigenvalue weighted by Crippen LogP contribution is 2.16. The summed E-state index contributed by atoms with van der Waals surface area (Å²) in [7, 11) is 0. The van der Waals surface area contributed by atoms with Crippen LogP contribution in [-0.4, -0.2) is 30.5 Å². The highest BCUT2D eigenvalue weighted by Gasteiger charge is 2.16. The topological polar surface area (TPSA) is 29.5 Å². The average Bonchev–Trinajstić information content (AvgIpc) is 2.38. The summed E-state index contributed by atoms with van der Waals surface area (Å²) in [5.74, 6) is 0.908. The Morgan fingerprint density at radius 3 is 2.65 bits per heavy atom. The normalized spacial score (nSPS) is 15.7. The Kier molecular flexibility index (Phi) is 4.02. The Hall–Kier alpha value is -1.51. The van der Waals surface area contributed by atoms with Gasteiger partial charge in [-0.05, 0) is 37.8 Å². The van der Waals surface area contributed by atoms with Gasteiger partial charge >= 0.3 is 0 Å². The molecular formula is C14H19NO2. The third-order valence-corrected chi connectivity index (χ3v) is 3.15. The van der Waals surface area contributed by atoms with E-state index in [1.165, 1.54) is 6.42 Å². The predicted octanol–water partition coefficient (Wildman–Crippen LogP) is 2.39. The summed E-state index contributed by atoms with van der Waals surface area (Å²) in [6.45, 7) is 3.91. The average molecular weight is 233 g/mol. The zero-order valence-electron chi connectivity index (χ0n) is 10.3. The van der Waals surface area contributed by atoms with Gasteiger partial charge in [0.1, 0.15) is 5.75 Å². The first kappa shape index (κ1) is 12.0. The van der Waals surface area contributed by atoms with Crippen LogP contribution in [0.1, 0.15) is 24.8 Å². The number of hydrogen-bond donors (Lipinski definition) is 0. The Morgan fingerprint density at radius 1 is 1.24 bits per heavy atom. The molecule has 0 aliphatic carbocycles. The van der Waals surface area contributed by atoms with E-state index in [0.717, 1.165) is 37.2 Å². The Balaban J connectivity index is 1.85. The Bertz CT molecular complexity index is 384. The van der Waals surface area contributed by atoms with Crippen molar-refractivity contribution in [3.8, 4) is 5.75 Å². The molecule has 1 aromatic rings. The fourth-order valence-corrected chi connectivity index (χ4v) is 2.09. The molecule has 0 spiro atoms. The van der Waals surface area contributed by atoms with Crippen molar-refractivity contribution < 1.29 is 9.53 Å². The molecule has 0 aromatic heterocycles. The number of rotatable bonds is 3. The second-order valence-electron chi connectivity index (χ2n) is 4.50. The van der Waals surface area contributed by atoms with Crippen LogP contribution < -0.4 is 4.74 Å². The van der Waals surface area contributed by atoms with E-state index in [1.54, 1.807) is 0 Å². The summed E-state index contributed by atoms with van der Waals surface area (Å²) in [6, 6.07) is 7.78. The van der Waals surface area contributed by atoms with E-state index >= 15 is 0 Å². The number of aryl methyl sites for hydroxylation is 1. The van der Waals surface area contributed by atoms with Crippen molar-refractivity contribution in [1.82, 2.24) is 4.90 Å². The first-order chi connectivity index (χ1) is 8.27. The van der Waals surface area contributed by atoms with Crippen molar-refractivity contribution in [2.45, 2.75) is 26.2 Å². The van der Waals surface area contributed by atoms with E-state index in [1.807, 2.05) is 36.1 Å². The minimum absolute atomic E-state index is 0.105. The smallest absolute Gasteiger partial charge is 0.260 e. The van der Waals surface area contributed by atoms with Crippen LogP contribution in [-0.2, 0) is 4.79 Å². The van der Waals surface area contributed by atoms with Gasteiger partial charge in [0.2, 0.25) is 0 Å². The SMILES string of the molecule is Cc1ccccc1OCC(=O)N1CCCCC1. The summed E-state index contributed by atoms with van der Waals surface area (Å²) >= 11 is 0. The molecule has 0 unspecified atom stereocenters. The third-order valence-electron chi connectivity index (χ3n) is 3.15. The molecule has 1 amide bonds. The molecule has 2 rings (SSSR count). The Morgan fingerprint density at radius 2 is 1.94 bits per heavy atom. The second kappa shape index (κ2) is 5.71. The van der Waals surface area contributed by atoms with Gasteiger partial charge in [0.25, 0.3) is 5.91 Å². The van der Waals surface area contributed by atoms with Gasteiger partial charge < -0.3 is 9.64 Å². The van der Waals surface area contributed by atoms with Crippen LogP contribution in [0.15, 0.2) is 24.3 Å². The van der Waals surface area contributed by atoms with Gasteiger partial charge in [-0.15, -0.1) is 0 Å². The number of amides is 1. The van der Waals surface area contributed by atoms with E-state index in [-0.39, 0.29) is 12.5 Å². The van der Waals surface area contributed by atoms with Crippen LogP contribution in [0.5, 0.6) is 5.75 Å². The van der Waals surface area contributed by atoms with E-state index < -0.39 is 0 Å². The maximum absolute atomic E-state index is 11.9. The quantitative estimate of drug-likeness (QED) is 0.802. The van der Waals surface area contributed by atoms with Crippen LogP contribution in [0.25, 0.3) is 0 Å². The molecule has 0 bridgehead atoms. The van der Waals surface area contributed by atoms with E-state index in [4.69, 9.17) is 4.74 Å². The molecule has 92 valence electrons. The lowest BCUT2D eigenvalue weighted by atomic mass is 10.1. The van der Waals surface area contributed by atoms with Crippen LogP contribution in [0.3, 0.4) is 0 Å². The molecule has 1 heterocycles. The number of piperidine rings is 1. The molecule has 1 aliphatic rings. The van der Waals surface area contributed by atoms with Gasteiger partial charge in [0, 0.05) is 13.1 Å². The minimum Gasteiger partial charge on any atom is -0.484 e. The number of benzene rings is 1. The van der Waals surface area contributed by atoms with Crippen molar-refractivity contribution in [3.63, 3.8) is 0 Å². The summed E-state index contributed by atoms with van der Waals surface area (Å²) in [4.78, 5) is 13.8. The summed E-state index contributed by atoms with van der Waals surface area (Å²) in [5, 5.41) is 0. The maximum Gasteiger partial charge on any atom is 0.260 e. The van der Waals surface area contributed by atoms with Gasteiger partial charge in [0.15, 0.2) is 6.61 Å². The van der Waals surface area contributed by atoms with Crippen LogP contribution in [0, 0.1) is 6.92 Å². The highest BCUT2D eigenvalue weighted by molar-refractivity contribution is 5.77. The van der Waals surface area contributed by atoms with Crippen LogP contribution in [0.2, 0.25) is 0 Å². The predicted molar refractivity (Wildman–Crippen MR) is 67.1 cm³/mol. The first-order valence-electron chi connectivity index (χ1n) is 6.23. The molecule has 1 aliphatic heterocycles. The van der Waals surface area contributed by atoms with Gasteiger partial charge in [-0.25, -0.2) is 0 Å². The van der Waals surface area contributed by atoms with Gasteiger partial charge in [0.05, 0.1) is 0 Å². The number of carbonyl (C=O) groups is 1. The summed E-state index contributed by atoms with van der Waals surface area (Å²) < 4.78 is 5.56. The number of nitrogens with zero attached hydrogens (tertiary/aromatic N) is 1. The van der Waals surface area contributed by atoms with Crippen molar-refractivity contribution in [2.24, 2.45) is 0 Å². The van der Waals surface area contributed by atoms with Crippen molar-refractivity contribution in [2.75, 3.05) is 19.7 Å². The zero-order chi connectivity index (χ0) is 12.1. The molecule has 17 heavy (non-hydrogen) atoms. The number of ether oxygens (including phenoxy) is 1. The van der Waals surface area contributed by atoms with Gasteiger partial charge in [-0.2, -0.15) is 0 Å². The summed E-state index contributed by atoms with van der Waals surface area (Å²) in [6.07, 6.45) is 3.48. The molecule has 0 N–H and O–H groups in total. The lowest BCUT2D eigenvalue weighted by molar-refractivity contribution is -0.134. The molecule has 0 saturated carbocycles. The number of hydrogen-bond acceptors (Lipinski definition) is 2. The van der Waals surface area contributed by atoms with E-state index in [2.05, 4.69) is 0 Å². The minimum atomic E-state index is 0.105. The fraction of sp³-hybridized carbons (Fsp3) is 0.500. The molecule has 3 heteroatoms. The molecule has 3 nitrogen and oxygen atoms in total. The fourth-order valence-electron chi connectivity index (χ4n) is 2.09. The van der Waals surface area contributed by atoms with Crippen molar-refractivity contribution in [1.29, 1.82) is 0 Å². The van der Waals surface area contributed by atoms with Crippen molar-refractivity contribution >= 4 is 5.91 Å². The van der Waals surface area contributed by atoms with Crippen LogP contribution >= 0.6 is 0 Å². The zero-order valence-corrected chi connectivity index (χ0v) is 10.3. The van der Waals surface area contributed by atoms with Crippen LogP contribution in [0.4, 0.5) is 0 Å². The number of carbonyl (C=O) groups excluding carboxylic acids is 1. The molecule has 1 saturated heterocycles. The standard InChI is InChI=1S/C14H19NO2/c1-12-7-3-4-8-13(12)17-11-14(16)15-9-5-2-6-10-15/h3-4,7-8H,2,5-6,9-11H2,1H3. The molecule has 1 aromatic carbocycles. The van der Waals surface area contributed by atoms with E-state index in [0.29, 0.717) is 0 Å². The Labute approximate surface area is 102 Å². The summed E-state index contributed by atoms with van der Waals surface area (Å²) in [5.41, 5.74) is 1.07. The molecule has 1 fully saturated rings. The monoisotopic (exact) mass is 233 g/mol. The lowest BCUT2D eigenvalue weighted by Crippen LogP contribution is -2.38. The molecule has 0 radical (unpaired) electrons. The second-order valence-corrected chi connectivity index (χ2v) is 4.50. The number of para-hydroxylation sites is 1. The maximum atomic E-state index is 11.9. The van der Waals surface area contributed by atoms with Gasteiger partial charge in [-0.1, -0.05) is 18.2 Å². The number of likely N-dealkylation sites (tertiary alicyclic amines) is 1. The molecule has 0 atom stereocenters. The third kappa shape index (κ3) is 3.22. The van der Waals surface area contributed by atoms with Gasteiger partial charge in [-0.3, -0.25) is 4.79 Å². The van der Waals surface area contributed by atoms with Crippen molar-refractivity contribution in [3.05, 3.63) is 29.8 Å². The first-order valence-corrected chi connectivity index (χ1v) is 6.23. The largest absolute Gasteiger partial charge is 0.484 e. The lowest BCUT2D eigenvalue weighted by Gasteiger charge is -2.26.